The third-order valence-electron chi connectivity index (χ3n) is 5.81. The van der Waals surface area contributed by atoms with Crippen LogP contribution in [0.4, 0.5) is 21.5 Å². The van der Waals surface area contributed by atoms with Crippen molar-refractivity contribution in [2.45, 2.75) is 13.0 Å². The van der Waals surface area contributed by atoms with Crippen molar-refractivity contribution in [2.75, 3.05) is 23.8 Å². The summed E-state index contributed by atoms with van der Waals surface area (Å²) in [5.74, 6) is -0.561. The highest BCUT2D eigenvalue weighted by Gasteiger charge is 2.20. The Hall–Kier alpha value is -3.81. The number of rotatable bonds is 9. The Kier molecular flexibility index (Phi) is 8.94. The molecular formula is C27H23Cl3FN7O. The van der Waals surface area contributed by atoms with Gasteiger partial charge in [0.05, 0.1) is 45.2 Å². The lowest BCUT2D eigenvalue weighted by Gasteiger charge is -2.23. The van der Waals surface area contributed by atoms with E-state index in [4.69, 9.17) is 45.6 Å². The van der Waals surface area contributed by atoms with E-state index in [-0.39, 0.29) is 17.2 Å². The van der Waals surface area contributed by atoms with Gasteiger partial charge in [0.2, 0.25) is 0 Å². The molecule has 1 atom stereocenters. The molecule has 2 heterocycles. The molecule has 0 radical (unpaired) electrons. The van der Waals surface area contributed by atoms with Crippen LogP contribution >= 0.6 is 34.8 Å². The highest BCUT2D eigenvalue weighted by atomic mass is 35.5. The monoisotopic (exact) mass is 585 g/mol. The topological polar surface area (TPSA) is 132 Å². The number of fused-ring (bicyclic) bond motifs is 1. The summed E-state index contributed by atoms with van der Waals surface area (Å²) >= 11 is 18.7. The molecule has 0 aliphatic carbocycles. The largest absolute Gasteiger partial charge is 0.399 e. The van der Waals surface area contributed by atoms with Crippen LogP contribution in [0.3, 0.4) is 0 Å². The zero-order valence-corrected chi connectivity index (χ0v) is 22.8. The van der Waals surface area contributed by atoms with Crippen LogP contribution in [-0.4, -0.2) is 28.2 Å². The van der Waals surface area contributed by atoms with Crippen molar-refractivity contribution < 1.29 is 9.50 Å². The van der Waals surface area contributed by atoms with E-state index in [1.54, 1.807) is 24.4 Å². The molecule has 39 heavy (non-hydrogen) atoms. The molecule has 0 fully saturated rings. The van der Waals surface area contributed by atoms with Gasteiger partial charge in [-0.3, -0.25) is 4.98 Å². The third-order valence-corrected chi connectivity index (χ3v) is 6.60. The molecule has 12 heteroatoms. The van der Waals surface area contributed by atoms with Gasteiger partial charge in [0.15, 0.2) is 0 Å². The van der Waals surface area contributed by atoms with Gasteiger partial charge in [0, 0.05) is 47.0 Å². The van der Waals surface area contributed by atoms with Crippen LogP contribution in [-0.2, 0) is 0 Å². The number of aromatic nitrogens is 2. The number of hydrogen-bond acceptors (Lipinski definition) is 8. The number of pyridine rings is 2. The number of nitrogens with two attached hydrogens (primary N) is 1. The van der Waals surface area contributed by atoms with E-state index in [2.05, 4.69) is 32.0 Å². The first-order valence-electron chi connectivity index (χ1n) is 11.7. The molecule has 2 aromatic carbocycles. The van der Waals surface area contributed by atoms with E-state index in [0.29, 0.717) is 56.1 Å². The molecule has 0 aliphatic heterocycles. The van der Waals surface area contributed by atoms with Gasteiger partial charge in [-0.1, -0.05) is 40.9 Å². The summed E-state index contributed by atoms with van der Waals surface area (Å²) in [5, 5.41) is 29.6. The van der Waals surface area contributed by atoms with E-state index in [1.807, 2.05) is 13.0 Å². The molecular weight excluding hydrogens is 564 g/mol. The van der Waals surface area contributed by atoms with Gasteiger partial charge in [0.1, 0.15) is 17.0 Å². The molecule has 0 spiro atoms. The second-order valence-corrected chi connectivity index (χ2v) is 9.68. The first kappa shape index (κ1) is 28.2. The minimum Gasteiger partial charge on any atom is -0.399 e. The van der Waals surface area contributed by atoms with E-state index in [9.17, 15) is 9.65 Å². The molecule has 4 rings (SSSR count). The maximum Gasteiger partial charge on any atom is 0.141 e. The van der Waals surface area contributed by atoms with Gasteiger partial charge < -0.3 is 26.8 Å². The fraction of sp³-hybridized carbons (Fsp3) is 0.148. The Labute approximate surface area is 239 Å². The molecule has 6 N–H and O–H groups in total. The number of nitrogens with one attached hydrogen (secondary N) is 3. The summed E-state index contributed by atoms with van der Waals surface area (Å²) < 4.78 is 13.7. The van der Waals surface area contributed by atoms with Gasteiger partial charge in [-0.25, -0.2) is 9.37 Å². The SMILES string of the molecule is Cc1nc(Cl)ccc1[C@H](Nc1cc(Cl)c2ncc(C#N)c(Nc3ccc(F)c(Cl)c3)c2c1)/C(N)=C/NCCO. The summed E-state index contributed by atoms with van der Waals surface area (Å²) in [6.45, 7) is 2.07. The number of benzene rings is 2. The van der Waals surface area contributed by atoms with Crippen LogP contribution in [0.25, 0.3) is 10.9 Å². The van der Waals surface area contributed by atoms with Crippen LogP contribution in [0.15, 0.2) is 60.6 Å². The standard InChI is InChI=1S/C27H23Cl3FN7O/c1-14-18(3-5-24(30)36-14)27(23(33)13-34-6-7-39)38-17-8-19-25(37-16-2-4-22(31)20(28)9-16)15(11-32)12-35-26(19)21(29)10-17/h2-5,8-10,12-13,27,34,38-39H,6-7,33H2,1H3,(H,35,37)/b23-13-/t27-/m0/s1. The number of nitrogens with zero attached hydrogens (tertiary/aromatic N) is 3. The number of aryl methyl sites for hydroxylation is 1. The molecule has 0 bridgehead atoms. The predicted molar refractivity (Wildman–Crippen MR) is 154 cm³/mol. The summed E-state index contributed by atoms with van der Waals surface area (Å²) in [6.07, 6.45) is 3.01. The van der Waals surface area contributed by atoms with E-state index in [1.165, 1.54) is 24.4 Å². The number of aliphatic hydroxyl groups excluding tert-OH is 1. The first-order chi connectivity index (χ1) is 18.7. The minimum atomic E-state index is -0.561. The van der Waals surface area contributed by atoms with Crippen molar-refractivity contribution in [1.29, 1.82) is 5.26 Å². The van der Waals surface area contributed by atoms with Gasteiger partial charge in [-0.05, 0) is 43.3 Å². The van der Waals surface area contributed by atoms with E-state index in [0.717, 1.165) is 5.56 Å². The van der Waals surface area contributed by atoms with Crippen molar-refractivity contribution >= 4 is 62.8 Å². The summed E-state index contributed by atoms with van der Waals surface area (Å²) in [4.78, 5) is 8.71. The zero-order valence-electron chi connectivity index (χ0n) is 20.6. The Morgan fingerprint density at radius 3 is 2.62 bits per heavy atom. The van der Waals surface area contributed by atoms with Crippen LogP contribution in [0.2, 0.25) is 15.2 Å². The second kappa shape index (κ2) is 12.4. The van der Waals surface area contributed by atoms with Crippen molar-refractivity contribution in [1.82, 2.24) is 15.3 Å². The Balaban J connectivity index is 1.82. The maximum absolute atomic E-state index is 13.7. The average Bonchev–Trinajstić information content (AvgIpc) is 2.90. The normalized spacial score (nSPS) is 12.2. The highest BCUT2D eigenvalue weighted by Crippen LogP contribution is 2.37. The van der Waals surface area contributed by atoms with E-state index < -0.39 is 11.9 Å². The second-order valence-electron chi connectivity index (χ2n) is 8.47. The third kappa shape index (κ3) is 6.44. The van der Waals surface area contributed by atoms with Crippen molar-refractivity contribution in [3.05, 3.63) is 98.4 Å². The number of nitriles is 1. The maximum atomic E-state index is 13.7. The fourth-order valence-corrected chi connectivity index (χ4v) is 4.61. The molecule has 0 saturated heterocycles. The lowest BCUT2D eigenvalue weighted by Crippen LogP contribution is -2.23. The van der Waals surface area contributed by atoms with Crippen molar-refractivity contribution in [2.24, 2.45) is 5.73 Å². The highest BCUT2D eigenvalue weighted by molar-refractivity contribution is 6.36. The smallest absolute Gasteiger partial charge is 0.141 e. The van der Waals surface area contributed by atoms with Gasteiger partial charge in [-0.15, -0.1) is 0 Å². The van der Waals surface area contributed by atoms with Gasteiger partial charge in [0.25, 0.3) is 0 Å². The van der Waals surface area contributed by atoms with Gasteiger partial charge in [-0.2, -0.15) is 5.26 Å². The Morgan fingerprint density at radius 1 is 1.15 bits per heavy atom. The summed E-state index contributed by atoms with van der Waals surface area (Å²) in [6, 6.07) is 12.7. The number of aliphatic hydroxyl groups is 1. The van der Waals surface area contributed by atoms with Gasteiger partial charge >= 0.3 is 0 Å². The van der Waals surface area contributed by atoms with Crippen LogP contribution < -0.4 is 21.7 Å². The molecule has 4 aromatic rings. The Bertz CT molecular complexity index is 1610. The fourth-order valence-electron chi connectivity index (χ4n) is 3.97. The quantitative estimate of drug-likeness (QED) is 0.116. The molecule has 0 saturated carbocycles. The molecule has 2 aromatic heterocycles. The van der Waals surface area contributed by atoms with E-state index >= 15 is 0 Å². The molecule has 8 nitrogen and oxygen atoms in total. The summed E-state index contributed by atoms with van der Waals surface area (Å²) in [7, 11) is 0. The van der Waals surface area contributed by atoms with Crippen molar-refractivity contribution in [3.63, 3.8) is 0 Å². The number of hydrogen-bond donors (Lipinski definition) is 5. The number of anilines is 3. The lowest BCUT2D eigenvalue weighted by molar-refractivity contribution is 0.298. The zero-order chi connectivity index (χ0) is 28.1. The molecule has 0 unspecified atom stereocenters. The van der Waals surface area contributed by atoms with Crippen LogP contribution in [0, 0.1) is 24.1 Å². The predicted octanol–water partition coefficient (Wildman–Crippen LogP) is 6.19. The lowest BCUT2D eigenvalue weighted by atomic mass is 10.0. The average molecular weight is 587 g/mol. The van der Waals surface area contributed by atoms with Crippen LogP contribution in [0.1, 0.15) is 22.9 Å². The molecule has 200 valence electrons. The summed E-state index contributed by atoms with van der Waals surface area (Å²) in [5.41, 5.74) is 10.5. The number of halogens is 4. The molecule has 0 amide bonds. The Morgan fingerprint density at radius 2 is 1.92 bits per heavy atom. The first-order valence-corrected chi connectivity index (χ1v) is 12.8. The van der Waals surface area contributed by atoms with Crippen LogP contribution in [0.5, 0.6) is 0 Å². The minimum absolute atomic E-state index is 0.0625. The van der Waals surface area contributed by atoms with Crippen molar-refractivity contribution in [3.8, 4) is 6.07 Å². The molecule has 0 aliphatic rings.